The molecule has 57 valence electrons. The zero-order valence-electron chi connectivity index (χ0n) is 5.16. The molecule has 1 radical (unpaired) electrons. The molecule has 0 saturated carbocycles. The predicted molar refractivity (Wildman–Crippen MR) is 36.4 cm³/mol. The molecule has 0 unspecified atom stereocenters. The first kappa shape index (κ1) is 9.86. The van der Waals surface area contributed by atoms with Crippen LogP contribution in [-0.4, -0.2) is 11.4 Å². The molecule has 0 fully saturated rings. The quantitative estimate of drug-likeness (QED) is 0.379. The van der Waals surface area contributed by atoms with Crippen molar-refractivity contribution in [3.05, 3.63) is 0 Å². The summed E-state index contributed by atoms with van der Waals surface area (Å²) in [6.07, 6.45) is 0.570. The fourth-order valence-corrected chi connectivity index (χ4v) is 0.463. The van der Waals surface area contributed by atoms with Crippen molar-refractivity contribution >= 4 is 15.9 Å². The standard InChI is InChI=1S/C6H6BrF2O/c7-6(8,9)4-2-1-3-5-10/h1,3,5H2. The van der Waals surface area contributed by atoms with Gasteiger partial charge in [-0.1, -0.05) is 5.92 Å². The van der Waals surface area contributed by atoms with E-state index < -0.39 is 4.83 Å². The van der Waals surface area contributed by atoms with Crippen molar-refractivity contribution in [2.45, 2.75) is 17.7 Å². The van der Waals surface area contributed by atoms with Crippen molar-refractivity contribution in [2.75, 3.05) is 6.61 Å². The summed E-state index contributed by atoms with van der Waals surface area (Å²) in [4.78, 5) is -3.10. The van der Waals surface area contributed by atoms with Gasteiger partial charge in [0.25, 0.3) is 0 Å². The topological polar surface area (TPSA) is 19.9 Å². The van der Waals surface area contributed by atoms with Crippen LogP contribution in [0.4, 0.5) is 8.78 Å². The summed E-state index contributed by atoms with van der Waals surface area (Å²) in [7, 11) is 0. The second-order valence-corrected chi connectivity index (χ2v) is 2.60. The van der Waals surface area contributed by atoms with E-state index in [4.69, 9.17) is 0 Å². The predicted octanol–water partition coefficient (Wildman–Crippen LogP) is 2.19. The van der Waals surface area contributed by atoms with Crippen LogP contribution in [0, 0.1) is 11.8 Å². The molecular weight excluding hydrogens is 206 g/mol. The molecule has 10 heavy (non-hydrogen) atoms. The van der Waals surface area contributed by atoms with E-state index in [0.29, 0.717) is 6.42 Å². The van der Waals surface area contributed by atoms with Gasteiger partial charge in [-0.25, -0.2) is 5.11 Å². The molecule has 0 saturated heterocycles. The lowest BCUT2D eigenvalue weighted by Gasteiger charge is -1.93. The number of unbranched alkanes of at least 4 members (excludes halogenated alkanes) is 1. The molecule has 0 heterocycles. The number of rotatable bonds is 2. The Labute approximate surface area is 66.6 Å². The summed E-state index contributed by atoms with van der Waals surface area (Å²) in [5, 5.41) is 9.79. The van der Waals surface area contributed by atoms with Gasteiger partial charge in [0.2, 0.25) is 0 Å². The third-order valence-corrected chi connectivity index (χ3v) is 0.874. The SMILES string of the molecule is [O]CCCC#CC(F)(F)Br. The van der Waals surface area contributed by atoms with Crippen LogP contribution in [-0.2, 0) is 5.11 Å². The van der Waals surface area contributed by atoms with Gasteiger partial charge < -0.3 is 0 Å². The van der Waals surface area contributed by atoms with Crippen molar-refractivity contribution < 1.29 is 13.9 Å². The number of hydrogen-bond acceptors (Lipinski definition) is 0. The second-order valence-electron chi connectivity index (χ2n) is 1.61. The van der Waals surface area contributed by atoms with Crippen LogP contribution in [0.25, 0.3) is 0 Å². The Morgan fingerprint density at radius 2 is 2.10 bits per heavy atom. The van der Waals surface area contributed by atoms with Gasteiger partial charge in [0.1, 0.15) is 0 Å². The van der Waals surface area contributed by atoms with E-state index in [2.05, 4.69) is 5.92 Å². The third kappa shape index (κ3) is 7.86. The normalized spacial score (nSPS) is 10.4. The Balaban J connectivity index is 3.50. The maximum absolute atomic E-state index is 11.8. The van der Waals surface area contributed by atoms with Gasteiger partial charge in [-0.05, 0) is 12.3 Å². The van der Waals surface area contributed by atoms with Crippen LogP contribution in [0.5, 0.6) is 0 Å². The Hall–Kier alpha value is -0.140. The van der Waals surface area contributed by atoms with E-state index in [1.165, 1.54) is 0 Å². The van der Waals surface area contributed by atoms with Crippen LogP contribution >= 0.6 is 15.9 Å². The lowest BCUT2D eigenvalue weighted by molar-refractivity contribution is 0.181. The Morgan fingerprint density at radius 3 is 2.50 bits per heavy atom. The Morgan fingerprint density at radius 1 is 1.50 bits per heavy atom. The van der Waals surface area contributed by atoms with Crippen molar-refractivity contribution in [3.8, 4) is 11.8 Å². The van der Waals surface area contributed by atoms with Crippen LogP contribution in [0.3, 0.4) is 0 Å². The van der Waals surface area contributed by atoms with Gasteiger partial charge in [-0.15, -0.1) is 0 Å². The summed E-state index contributed by atoms with van der Waals surface area (Å²) in [6.45, 7) is -0.261. The second kappa shape index (κ2) is 4.64. The van der Waals surface area contributed by atoms with Gasteiger partial charge in [-0.3, -0.25) is 0 Å². The van der Waals surface area contributed by atoms with Gasteiger partial charge in [-0.2, -0.15) is 8.78 Å². The first-order chi connectivity index (χ1) is 4.56. The summed E-state index contributed by atoms with van der Waals surface area (Å²) >= 11 is 2.05. The smallest absolute Gasteiger partial charge is 0.237 e. The minimum atomic E-state index is -3.10. The van der Waals surface area contributed by atoms with Crippen LogP contribution in [0.15, 0.2) is 0 Å². The first-order valence-electron chi connectivity index (χ1n) is 2.71. The number of halogens is 3. The van der Waals surface area contributed by atoms with E-state index in [-0.39, 0.29) is 13.0 Å². The average Bonchev–Trinajstić information content (AvgIpc) is 1.78. The van der Waals surface area contributed by atoms with Crippen molar-refractivity contribution in [3.63, 3.8) is 0 Å². The van der Waals surface area contributed by atoms with E-state index >= 15 is 0 Å². The number of hydrogen-bond donors (Lipinski definition) is 0. The molecule has 0 aromatic rings. The molecule has 0 aliphatic heterocycles. The van der Waals surface area contributed by atoms with E-state index in [1.807, 2.05) is 15.9 Å². The zero-order valence-corrected chi connectivity index (χ0v) is 6.75. The number of alkyl halides is 3. The molecule has 0 aliphatic rings. The Bertz CT molecular complexity index is 142. The van der Waals surface area contributed by atoms with Crippen molar-refractivity contribution in [1.82, 2.24) is 0 Å². The molecule has 1 nitrogen and oxygen atoms in total. The maximum Gasteiger partial charge on any atom is 0.363 e. The highest BCUT2D eigenvalue weighted by molar-refractivity contribution is 9.10. The summed E-state index contributed by atoms with van der Waals surface area (Å²) < 4.78 is 23.6. The molecule has 0 aromatic carbocycles. The fraction of sp³-hybridized carbons (Fsp3) is 0.667. The van der Waals surface area contributed by atoms with Gasteiger partial charge in [0.05, 0.1) is 6.61 Å². The molecule has 4 heteroatoms. The van der Waals surface area contributed by atoms with Crippen molar-refractivity contribution in [1.29, 1.82) is 0 Å². The monoisotopic (exact) mass is 211 g/mol. The third-order valence-electron chi connectivity index (χ3n) is 0.676. The fourth-order valence-electron chi connectivity index (χ4n) is 0.323. The molecular formula is C6H6BrF2O. The zero-order chi connectivity index (χ0) is 8.04. The van der Waals surface area contributed by atoms with Crippen LogP contribution in [0.1, 0.15) is 12.8 Å². The highest BCUT2D eigenvalue weighted by Gasteiger charge is 2.18. The molecule has 0 bridgehead atoms. The van der Waals surface area contributed by atoms with Crippen LogP contribution in [0.2, 0.25) is 0 Å². The van der Waals surface area contributed by atoms with E-state index in [1.54, 1.807) is 5.92 Å². The lowest BCUT2D eigenvalue weighted by Crippen LogP contribution is -1.98. The molecule has 0 rings (SSSR count). The van der Waals surface area contributed by atoms with Crippen molar-refractivity contribution in [2.24, 2.45) is 0 Å². The summed E-state index contributed by atoms with van der Waals surface area (Å²) in [5.74, 6) is 3.83. The first-order valence-corrected chi connectivity index (χ1v) is 3.50. The molecule has 0 aliphatic carbocycles. The minimum absolute atomic E-state index is 0.241. The average molecular weight is 212 g/mol. The molecule has 0 atom stereocenters. The highest BCUT2D eigenvalue weighted by Crippen LogP contribution is 2.19. The molecule has 0 N–H and O–H groups in total. The highest BCUT2D eigenvalue weighted by atomic mass is 79.9. The minimum Gasteiger partial charge on any atom is -0.237 e. The lowest BCUT2D eigenvalue weighted by atomic mass is 10.3. The molecule has 0 spiro atoms. The summed E-state index contributed by atoms with van der Waals surface area (Å²) in [6, 6.07) is 0. The van der Waals surface area contributed by atoms with E-state index in [9.17, 15) is 13.9 Å². The summed E-state index contributed by atoms with van der Waals surface area (Å²) in [5.41, 5.74) is 0. The van der Waals surface area contributed by atoms with Gasteiger partial charge in [0, 0.05) is 22.4 Å². The largest absolute Gasteiger partial charge is 0.363 e. The van der Waals surface area contributed by atoms with E-state index in [0.717, 1.165) is 0 Å². The molecule has 0 amide bonds. The van der Waals surface area contributed by atoms with Gasteiger partial charge >= 0.3 is 4.83 Å². The molecule has 0 aromatic heterocycles. The van der Waals surface area contributed by atoms with Crippen LogP contribution < -0.4 is 0 Å². The maximum atomic E-state index is 11.8. The Kier molecular flexibility index (Phi) is 4.58. The van der Waals surface area contributed by atoms with Gasteiger partial charge in [0.15, 0.2) is 0 Å².